The summed E-state index contributed by atoms with van der Waals surface area (Å²) in [6.45, 7) is 5.22. The topological polar surface area (TPSA) is 68.5 Å². The van der Waals surface area contributed by atoms with Crippen molar-refractivity contribution >= 4 is 16.5 Å². The van der Waals surface area contributed by atoms with Gasteiger partial charge in [0.15, 0.2) is 5.82 Å². The van der Waals surface area contributed by atoms with E-state index in [4.69, 9.17) is 0 Å². The SMILES string of the molecule is CCCc1nnc(N[C@@H]2CCCn3nc(CC)nc32)s1. The van der Waals surface area contributed by atoms with Crippen molar-refractivity contribution in [2.45, 2.75) is 58.5 Å². The van der Waals surface area contributed by atoms with E-state index in [0.717, 1.165) is 60.4 Å². The predicted octanol–water partition coefficient (Wildman–Crippen LogP) is 2.59. The molecule has 108 valence electrons. The minimum atomic E-state index is 0.207. The fourth-order valence-electron chi connectivity index (χ4n) is 2.46. The lowest BCUT2D eigenvalue weighted by atomic mass is 10.1. The second-order valence-corrected chi connectivity index (χ2v) is 6.12. The van der Waals surface area contributed by atoms with Gasteiger partial charge in [-0.1, -0.05) is 25.2 Å². The number of fused-ring (bicyclic) bond motifs is 1. The van der Waals surface area contributed by atoms with Crippen LogP contribution in [-0.4, -0.2) is 25.0 Å². The maximum Gasteiger partial charge on any atom is 0.206 e. The summed E-state index contributed by atoms with van der Waals surface area (Å²) in [6.07, 6.45) is 5.18. The van der Waals surface area contributed by atoms with Crippen LogP contribution >= 0.6 is 11.3 Å². The molecule has 1 N–H and O–H groups in total. The van der Waals surface area contributed by atoms with E-state index in [2.05, 4.69) is 39.4 Å². The third-order valence-corrected chi connectivity index (χ3v) is 4.38. The van der Waals surface area contributed by atoms with Crippen LogP contribution in [0.15, 0.2) is 0 Å². The summed E-state index contributed by atoms with van der Waals surface area (Å²) in [4.78, 5) is 4.64. The van der Waals surface area contributed by atoms with E-state index >= 15 is 0 Å². The molecule has 1 aliphatic heterocycles. The highest BCUT2D eigenvalue weighted by Gasteiger charge is 2.24. The van der Waals surface area contributed by atoms with Crippen molar-refractivity contribution in [3.8, 4) is 0 Å². The van der Waals surface area contributed by atoms with E-state index in [1.165, 1.54) is 0 Å². The highest BCUT2D eigenvalue weighted by molar-refractivity contribution is 7.15. The summed E-state index contributed by atoms with van der Waals surface area (Å²) < 4.78 is 2.04. The molecular weight excluding hydrogens is 272 g/mol. The van der Waals surface area contributed by atoms with Crippen molar-refractivity contribution in [3.63, 3.8) is 0 Å². The molecule has 20 heavy (non-hydrogen) atoms. The van der Waals surface area contributed by atoms with Crippen LogP contribution in [0.25, 0.3) is 0 Å². The molecule has 0 amide bonds. The molecule has 0 saturated carbocycles. The molecule has 7 heteroatoms. The van der Waals surface area contributed by atoms with E-state index in [1.807, 2.05) is 4.68 Å². The van der Waals surface area contributed by atoms with Crippen LogP contribution in [0.4, 0.5) is 5.13 Å². The molecule has 0 spiro atoms. The Labute approximate surface area is 122 Å². The van der Waals surface area contributed by atoms with Crippen LogP contribution < -0.4 is 5.32 Å². The van der Waals surface area contributed by atoms with Gasteiger partial charge in [-0.3, -0.25) is 0 Å². The zero-order valence-electron chi connectivity index (χ0n) is 12.0. The van der Waals surface area contributed by atoms with Crippen LogP contribution in [-0.2, 0) is 19.4 Å². The maximum absolute atomic E-state index is 4.64. The van der Waals surface area contributed by atoms with Gasteiger partial charge in [-0.25, -0.2) is 9.67 Å². The Morgan fingerprint density at radius 3 is 3.05 bits per heavy atom. The Morgan fingerprint density at radius 1 is 1.35 bits per heavy atom. The van der Waals surface area contributed by atoms with Crippen LogP contribution in [0.1, 0.15) is 55.8 Å². The largest absolute Gasteiger partial charge is 0.350 e. The van der Waals surface area contributed by atoms with Crippen molar-refractivity contribution in [1.82, 2.24) is 25.0 Å². The van der Waals surface area contributed by atoms with Gasteiger partial charge in [0.1, 0.15) is 10.8 Å². The van der Waals surface area contributed by atoms with Crippen molar-refractivity contribution in [1.29, 1.82) is 0 Å². The third kappa shape index (κ3) is 2.67. The minimum absolute atomic E-state index is 0.207. The molecule has 2 aromatic rings. The highest BCUT2D eigenvalue weighted by atomic mass is 32.1. The van der Waals surface area contributed by atoms with Gasteiger partial charge in [-0.05, 0) is 19.3 Å². The monoisotopic (exact) mass is 292 g/mol. The minimum Gasteiger partial charge on any atom is -0.350 e. The van der Waals surface area contributed by atoms with Gasteiger partial charge in [0, 0.05) is 19.4 Å². The van der Waals surface area contributed by atoms with Crippen LogP contribution in [0.5, 0.6) is 0 Å². The zero-order chi connectivity index (χ0) is 13.9. The average molecular weight is 292 g/mol. The van der Waals surface area contributed by atoms with Gasteiger partial charge in [0.05, 0.1) is 6.04 Å². The molecule has 0 fully saturated rings. The van der Waals surface area contributed by atoms with Gasteiger partial charge in [0.2, 0.25) is 5.13 Å². The summed E-state index contributed by atoms with van der Waals surface area (Å²) in [5, 5.41) is 18.4. The van der Waals surface area contributed by atoms with Gasteiger partial charge in [-0.15, -0.1) is 10.2 Å². The van der Waals surface area contributed by atoms with Crippen LogP contribution in [0.3, 0.4) is 0 Å². The highest BCUT2D eigenvalue weighted by Crippen LogP contribution is 2.28. The molecular formula is C13H20N6S. The Bertz CT molecular complexity index is 575. The van der Waals surface area contributed by atoms with E-state index in [9.17, 15) is 0 Å². The Hall–Kier alpha value is -1.50. The van der Waals surface area contributed by atoms with Crippen molar-refractivity contribution in [2.75, 3.05) is 5.32 Å². The number of hydrogen-bond donors (Lipinski definition) is 1. The molecule has 0 aliphatic carbocycles. The van der Waals surface area contributed by atoms with Gasteiger partial charge >= 0.3 is 0 Å². The first-order valence-electron chi connectivity index (χ1n) is 7.32. The molecule has 3 rings (SSSR count). The number of hydrogen-bond acceptors (Lipinski definition) is 6. The first kappa shape index (κ1) is 13.5. The standard InChI is InChI=1S/C13H20N6S/c1-3-6-11-16-17-13(20-11)14-9-7-5-8-19-12(9)15-10(4-2)18-19/h9H,3-8H2,1-2H3,(H,14,17)/t9-/m1/s1. The number of aryl methyl sites for hydroxylation is 3. The predicted molar refractivity (Wildman–Crippen MR) is 78.9 cm³/mol. The lowest BCUT2D eigenvalue weighted by Crippen LogP contribution is -2.22. The third-order valence-electron chi connectivity index (χ3n) is 3.46. The van der Waals surface area contributed by atoms with E-state index < -0.39 is 0 Å². The van der Waals surface area contributed by atoms with Crippen LogP contribution in [0.2, 0.25) is 0 Å². The number of nitrogens with one attached hydrogen (secondary N) is 1. The number of anilines is 1. The Morgan fingerprint density at radius 2 is 2.25 bits per heavy atom. The molecule has 0 bridgehead atoms. The van der Waals surface area contributed by atoms with Crippen molar-refractivity contribution in [3.05, 3.63) is 16.7 Å². The van der Waals surface area contributed by atoms with Crippen molar-refractivity contribution < 1.29 is 0 Å². The summed E-state index contributed by atoms with van der Waals surface area (Å²) in [6, 6.07) is 0.207. The normalized spacial score (nSPS) is 18.0. The molecule has 3 heterocycles. The summed E-state index contributed by atoms with van der Waals surface area (Å²) in [7, 11) is 0. The van der Waals surface area contributed by atoms with Gasteiger partial charge < -0.3 is 5.32 Å². The quantitative estimate of drug-likeness (QED) is 0.917. The smallest absolute Gasteiger partial charge is 0.206 e. The summed E-state index contributed by atoms with van der Waals surface area (Å²) in [5.41, 5.74) is 0. The molecule has 6 nitrogen and oxygen atoms in total. The summed E-state index contributed by atoms with van der Waals surface area (Å²) in [5.74, 6) is 1.97. The van der Waals surface area contributed by atoms with E-state index in [1.54, 1.807) is 11.3 Å². The Balaban J connectivity index is 1.76. The molecule has 2 aromatic heterocycles. The first-order valence-corrected chi connectivity index (χ1v) is 8.14. The van der Waals surface area contributed by atoms with E-state index in [-0.39, 0.29) is 6.04 Å². The maximum atomic E-state index is 4.64. The van der Waals surface area contributed by atoms with Gasteiger partial charge in [0.25, 0.3) is 0 Å². The molecule has 0 saturated heterocycles. The number of nitrogens with zero attached hydrogens (tertiary/aromatic N) is 5. The average Bonchev–Trinajstić information content (AvgIpc) is 3.06. The number of rotatable bonds is 5. The summed E-state index contributed by atoms with van der Waals surface area (Å²) >= 11 is 1.65. The second kappa shape index (κ2) is 5.87. The fraction of sp³-hybridized carbons (Fsp3) is 0.692. The molecule has 0 radical (unpaired) electrons. The fourth-order valence-corrected chi connectivity index (χ4v) is 3.36. The van der Waals surface area contributed by atoms with Crippen molar-refractivity contribution in [2.24, 2.45) is 0 Å². The second-order valence-electron chi connectivity index (χ2n) is 5.05. The lowest BCUT2D eigenvalue weighted by Gasteiger charge is -2.22. The van der Waals surface area contributed by atoms with E-state index in [0.29, 0.717) is 0 Å². The molecule has 0 aromatic carbocycles. The van der Waals surface area contributed by atoms with Crippen LogP contribution in [0, 0.1) is 0 Å². The first-order chi connectivity index (χ1) is 9.80. The number of aromatic nitrogens is 5. The zero-order valence-corrected chi connectivity index (χ0v) is 12.8. The Kier molecular flexibility index (Phi) is 3.95. The molecule has 1 atom stereocenters. The lowest BCUT2D eigenvalue weighted by molar-refractivity contribution is 0.437. The van der Waals surface area contributed by atoms with Gasteiger partial charge in [-0.2, -0.15) is 5.10 Å². The molecule has 0 unspecified atom stereocenters. The molecule has 1 aliphatic rings.